The molecule has 0 aliphatic rings. The largest absolute Gasteiger partial charge is 0.347 e. The van der Waals surface area contributed by atoms with E-state index >= 15 is 0 Å². The molecular weight excluding hydrogens is 386 g/mol. The van der Waals surface area contributed by atoms with Gasteiger partial charge in [-0.3, -0.25) is 4.79 Å². The lowest BCUT2D eigenvalue weighted by molar-refractivity contribution is 0.0750. The third-order valence-corrected chi connectivity index (χ3v) is 5.43. The summed E-state index contributed by atoms with van der Waals surface area (Å²) in [6.07, 6.45) is 3.46. The highest BCUT2D eigenvalue weighted by Gasteiger charge is 2.26. The first-order valence-electron chi connectivity index (χ1n) is 8.99. The fourth-order valence-electron chi connectivity index (χ4n) is 3.06. The van der Waals surface area contributed by atoms with E-state index in [2.05, 4.69) is 30.6 Å². The zero-order valence-corrected chi connectivity index (χ0v) is 16.5. The zero-order valence-electron chi connectivity index (χ0n) is 15.7. The summed E-state index contributed by atoms with van der Waals surface area (Å²) in [5, 5.41) is 13.9. The average Bonchev–Trinajstić information content (AvgIpc) is 3.47. The van der Waals surface area contributed by atoms with Crippen LogP contribution in [0.4, 0.5) is 0 Å². The first-order chi connectivity index (χ1) is 14.2. The van der Waals surface area contributed by atoms with Gasteiger partial charge >= 0.3 is 0 Å². The summed E-state index contributed by atoms with van der Waals surface area (Å²) in [6, 6.07) is 17.1. The number of H-pyrrole nitrogens is 2. The Bertz CT molecular complexity index is 1050. The van der Waals surface area contributed by atoms with Gasteiger partial charge < -0.3 is 9.88 Å². The minimum Gasteiger partial charge on any atom is -0.347 e. The van der Waals surface area contributed by atoms with Crippen molar-refractivity contribution in [1.29, 1.82) is 0 Å². The highest BCUT2D eigenvalue weighted by molar-refractivity contribution is 7.98. The fourth-order valence-corrected chi connectivity index (χ4v) is 3.86. The summed E-state index contributed by atoms with van der Waals surface area (Å²) in [5.74, 6) is 1.82. The predicted molar refractivity (Wildman–Crippen MR) is 109 cm³/mol. The van der Waals surface area contributed by atoms with Gasteiger partial charge in [-0.1, -0.05) is 41.6 Å². The van der Waals surface area contributed by atoms with Crippen molar-refractivity contribution < 1.29 is 4.79 Å². The number of carbonyl (C=O) groups excluding carboxylic acids is 1. The highest BCUT2D eigenvalue weighted by Crippen LogP contribution is 2.28. The zero-order chi connectivity index (χ0) is 20.1. The lowest BCUT2D eigenvalue weighted by Crippen LogP contribution is -2.32. The number of rotatable bonds is 7. The van der Waals surface area contributed by atoms with Gasteiger partial charge in [-0.15, -0.1) is 22.0 Å². The quantitative estimate of drug-likeness (QED) is 0.458. The maximum absolute atomic E-state index is 13.3. The molecule has 2 aromatic carbocycles. The van der Waals surface area contributed by atoms with Crippen LogP contribution in [0.3, 0.4) is 0 Å². The van der Waals surface area contributed by atoms with E-state index in [1.54, 1.807) is 36.1 Å². The summed E-state index contributed by atoms with van der Waals surface area (Å²) in [6.45, 7) is 0. The molecule has 1 atom stereocenters. The molecule has 1 amide bonds. The molecule has 0 saturated carbocycles. The number of hydrogen-bond acceptors (Lipinski definition) is 6. The molecule has 2 aromatic heterocycles. The molecule has 0 spiro atoms. The Morgan fingerprint density at radius 1 is 1.17 bits per heavy atom. The van der Waals surface area contributed by atoms with Gasteiger partial charge in [-0.25, -0.2) is 4.98 Å². The average molecular weight is 405 g/mol. The van der Waals surface area contributed by atoms with Crippen LogP contribution in [0.1, 0.15) is 33.6 Å². The van der Waals surface area contributed by atoms with E-state index in [1.165, 1.54) is 0 Å². The van der Waals surface area contributed by atoms with E-state index in [9.17, 15) is 4.79 Å². The van der Waals surface area contributed by atoms with E-state index in [-0.39, 0.29) is 11.9 Å². The number of amides is 1. The number of thioether (sulfide) groups is 1. The van der Waals surface area contributed by atoms with Crippen molar-refractivity contribution in [3.8, 4) is 0 Å². The lowest BCUT2D eigenvalue weighted by Gasteiger charge is -2.27. The molecule has 0 aliphatic heterocycles. The van der Waals surface area contributed by atoms with Gasteiger partial charge in [0.2, 0.25) is 0 Å². The van der Waals surface area contributed by atoms with Gasteiger partial charge in [0.25, 0.3) is 5.91 Å². The van der Waals surface area contributed by atoms with Gasteiger partial charge in [-0.2, -0.15) is 5.21 Å². The highest BCUT2D eigenvalue weighted by atomic mass is 32.2. The topological polar surface area (TPSA) is 103 Å². The number of tetrazole rings is 1. The van der Waals surface area contributed by atoms with Crippen molar-refractivity contribution >= 4 is 17.7 Å². The van der Waals surface area contributed by atoms with Crippen LogP contribution < -0.4 is 0 Å². The van der Waals surface area contributed by atoms with Crippen LogP contribution in [-0.4, -0.2) is 48.4 Å². The Kier molecular flexibility index (Phi) is 5.66. The molecule has 0 radical (unpaired) electrons. The Labute approximate surface area is 171 Å². The third-order valence-electron chi connectivity index (χ3n) is 4.44. The van der Waals surface area contributed by atoms with E-state index in [4.69, 9.17) is 0 Å². The van der Waals surface area contributed by atoms with Crippen molar-refractivity contribution in [3.63, 3.8) is 0 Å². The molecule has 2 N–H and O–H groups in total. The standard InChI is InChI=1S/C20H19N7OS/c1-27(18(19-21-10-11-22-19)14-6-3-2-4-7-14)20(28)15-8-5-9-16(12-15)29-13-17-23-25-26-24-17/h2-12,18H,13H2,1H3,(H,21,22)(H,23,24,25,26). The van der Waals surface area contributed by atoms with Crippen LogP contribution in [0.5, 0.6) is 0 Å². The third kappa shape index (κ3) is 4.35. The number of aromatic amines is 2. The van der Waals surface area contributed by atoms with Crippen molar-refractivity contribution in [1.82, 2.24) is 35.5 Å². The Morgan fingerprint density at radius 3 is 2.76 bits per heavy atom. The minimum absolute atomic E-state index is 0.0859. The van der Waals surface area contributed by atoms with Crippen molar-refractivity contribution in [3.05, 3.63) is 89.8 Å². The summed E-state index contributed by atoms with van der Waals surface area (Å²) in [5.41, 5.74) is 1.60. The van der Waals surface area contributed by atoms with Gasteiger partial charge in [0, 0.05) is 29.9 Å². The maximum atomic E-state index is 13.3. The maximum Gasteiger partial charge on any atom is 0.254 e. The fraction of sp³-hybridized carbons (Fsp3) is 0.150. The SMILES string of the molecule is CN(C(=O)c1cccc(SCc2nn[nH]n2)c1)C(c1ccccc1)c1ncc[nH]1. The summed E-state index contributed by atoms with van der Waals surface area (Å²) in [7, 11) is 1.79. The first kappa shape index (κ1) is 18.9. The van der Waals surface area contributed by atoms with E-state index in [0.717, 1.165) is 16.3 Å². The second kappa shape index (κ2) is 8.70. The van der Waals surface area contributed by atoms with Crippen LogP contribution in [0, 0.1) is 0 Å². The molecule has 2 heterocycles. The molecule has 4 rings (SSSR count). The smallest absolute Gasteiger partial charge is 0.254 e. The molecule has 0 saturated heterocycles. The van der Waals surface area contributed by atoms with Crippen LogP contribution in [0.25, 0.3) is 0 Å². The number of nitrogens with zero attached hydrogens (tertiary/aromatic N) is 5. The number of hydrogen-bond donors (Lipinski definition) is 2. The summed E-state index contributed by atoms with van der Waals surface area (Å²) < 4.78 is 0. The molecule has 0 bridgehead atoms. The molecular formula is C20H19N7OS. The van der Waals surface area contributed by atoms with Crippen molar-refractivity contribution in [2.45, 2.75) is 16.7 Å². The molecule has 0 fully saturated rings. The van der Waals surface area contributed by atoms with Gasteiger partial charge in [-0.05, 0) is 23.8 Å². The summed E-state index contributed by atoms with van der Waals surface area (Å²) in [4.78, 5) is 23.5. The van der Waals surface area contributed by atoms with Crippen LogP contribution in [-0.2, 0) is 5.75 Å². The monoisotopic (exact) mass is 405 g/mol. The Balaban J connectivity index is 1.56. The molecule has 29 heavy (non-hydrogen) atoms. The van der Waals surface area contributed by atoms with Crippen LogP contribution >= 0.6 is 11.8 Å². The second-order valence-electron chi connectivity index (χ2n) is 6.35. The van der Waals surface area contributed by atoms with Gasteiger partial charge in [0.05, 0.1) is 5.75 Å². The van der Waals surface area contributed by atoms with Crippen molar-refractivity contribution in [2.24, 2.45) is 0 Å². The number of imidazole rings is 1. The molecule has 146 valence electrons. The van der Waals surface area contributed by atoms with E-state index in [0.29, 0.717) is 17.1 Å². The van der Waals surface area contributed by atoms with Gasteiger partial charge in [0.1, 0.15) is 11.9 Å². The van der Waals surface area contributed by atoms with Crippen molar-refractivity contribution in [2.75, 3.05) is 7.05 Å². The molecule has 4 aromatic rings. The van der Waals surface area contributed by atoms with Gasteiger partial charge in [0.15, 0.2) is 5.82 Å². The molecule has 8 nitrogen and oxygen atoms in total. The molecule has 9 heteroatoms. The lowest BCUT2D eigenvalue weighted by atomic mass is 10.0. The number of nitrogens with one attached hydrogen (secondary N) is 2. The first-order valence-corrected chi connectivity index (χ1v) is 9.97. The van der Waals surface area contributed by atoms with E-state index in [1.807, 2.05) is 54.6 Å². The number of benzene rings is 2. The predicted octanol–water partition coefficient (Wildman–Crippen LogP) is 3.08. The Morgan fingerprint density at radius 2 is 2.03 bits per heavy atom. The normalized spacial score (nSPS) is 11.9. The number of carbonyl (C=O) groups is 1. The Hall–Kier alpha value is -3.46. The summed E-state index contributed by atoms with van der Waals surface area (Å²) >= 11 is 1.55. The molecule has 1 unspecified atom stereocenters. The van der Waals surface area contributed by atoms with Crippen LogP contribution in [0.2, 0.25) is 0 Å². The minimum atomic E-state index is -0.311. The van der Waals surface area contributed by atoms with Crippen LogP contribution in [0.15, 0.2) is 71.9 Å². The second-order valence-corrected chi connectivity index (χ2v) is 7.40. The number of aromatic nitrogens is 6. The molecule has 0 aliphatic carbocycles. The van der Waals surface area contributed by atoms with E-state index < -0.39 is 0 Å².